The predicted octanol–water partition coefficient (Wildman–Crippen LogP) is 5.25. The third kappa shape index (κ3) is 3.82. The SMILES string of the molecule is C[C@]1(O)CC[C@@H](c2cccnc2Oc2ccc(C=O)c(-c3nc4ccccc4[nH]3)c2)C1. The molecule has 2 aromatic carbocycles. The zero-order valence-corrected chi connectivity index (χ0v) is 17.2. The Hall–Kier alpha value is -3.51. The standard InChI is InChI=1S/C25H23N3O3/c1-25(30)11-10-16(14-25)19-5-4-12-26-24(19)31-18-9-8-17(15-29)20(13-18)23-27-21-6-2-3-7-22(21)28-23/h2-9,12-13,15-16,30H,10-11,14H2,1H3,(H,27,28)/t16-,25+/m1/s1. The fraction of sp³-hybridized carbons (Fsp3) is 0.240. The molecule has 6 nitrogen and oxygen atoms in total. The van der Waals surface area contributed by atoms with E-state index < -0.39 is 5.60 Å². The maximum atomic E-state index is 11.7. The summed E-state index contributed by atoms with van der Waals surface area (Å²) in [5, 5.41) is 10.4. The molecule has 2 heterocycles. The Morgan fingerprint density at radius 1 is 1.19 bits per heavy atom. The summed E-state index contributed by atoms with van der Waals surface area (Å²) in [4.78, 5) is 24.0. The third-order valence-corrected chi connectivity index (χ3v) is 5.97. The molecule has 1 fully saturated rings. The van der Waals surface area contributed by atoms with Crippen LogP contribution in [0.1, 0.15) is 48.0 Å². The first-order chi connectivity index (χ1) is 15.0. The van der Waals surface area contributed by atoms with E-state index in [-0.39, 0.29) is 5.92 Å². The van der Waals surface area contributed by atoms with Crippen LogP contribution in [0.5, 0.6) is 11.6 Å². The molecule has 0 saturated heterocycles. The number of carbonyl (C=O) groups excluding carboxylic acids is 1. The number of para-hydroxylation sites is 2. The van der Waals surface area contributed by atoms with Gasteiger partial charge in [-0.25, -0.2) is 9.97 Å². The number of nitrogens with zero attached hydrogens (tertiary/aromatic N) is 2. The van der Waals surface area contributed by atoms with Crippen LogP contribution >= 0.6 is 0 Å². The molecule has 4 aromatic rings. The summed E-state index contributed by atoms with van der Waals surface area (Å²) in [5.41, 5.74) is 3.27. The number of aromatic amines is 1. The summed E-state index contributed by atoms with van der Waals surface area (Å²) in [5.74, 6) is 1.91. The van der Waals surface area contributed by atoms with Crippen molar-refractivity contribution >= 4 is 17.3 Å². The van der Waals surface area contributed by atoms with E-state index in [1.807, 2.05) is 49.4 Å². The second-order valence-electron chi connectivity index (χ2n) is 8.41. The Labute approximate surface area is 179 Å². The summed E-state index contributed by atoms with van der Waals surface area (Å²) in [7, 11) is 0. The van der Waals surface area contributed by atoms with E-state index in [9.17, 15) is 9.90 Å². The highest BCUT2D eigenvalue weighted by molar-refractivity contribution is 5.89. The molecule has 156 valence electrons. The van der Waals surface area contributed by atoms with E-state index in [1.54, 1.807) is 18.3 Å². The van der Waals surface area contributed by atoms with E-state index in [0.717, 1.165) is 35.7 Å². The number of imidazole rings is 1. The zero-order chi connectivity index (χ0) is 21.4. The summed E-state index contributed by atoms with van der Waals surface area (Å²) < 4.78 is 6.18. The highest BCUT2D eigenvalue weighted by atomic mass is 16.5. The quantitative estimate of drug-likeness (QED) is 0.436. The number of benzene rings is 2. The maximum absolute atomic E-state index is 11.7. The molecule has 31 heavy (non-hydrogen) atoms. The van der Waals surface area contributed by atoms with E-state index in [1.165, 1.54) is 0 Å². The molecule has 0 bridgehead atoms. The lowest BCUT2D eigenvalue weighted by atomic mass is 9.96. The van der Waals surface area contributed by atoms with Crippen LogP contribution in [0.25, 0.3) is 22.4 Å². The maximum Gasteiger partial charge on any atom is 0.222 e. The number of aromatic nitrogens is 3. The summed E-state index contributed by atoms with van der Waals surface area (Å²) in [6.45, 7) is 1.88. The predicted molar refractivity (Wildman–Crippen MR) is 118 cm³/mol. The minimum atomic E-state index is -0.655. The summed E-state index contributed by atoms with van der Waals surface area (Å²) >= 11 is 0. The second kappa shape index (κ2) is 7.63. The lowest BCUT2D eigenvalue weighted by molar-refractivity contribution is 0.0664. The molecule has 0 unspecified atom stereocenters. The molecule has 1 aliphatic rings. The molecule has 0 aliphatic heterocycles. The number of hydrogen-bond acceptors (Lipinski definition) is 5. The number of pyridine rings is 1. The second-order valence-corrected chi connectivity index (χ2v) is 8.41. The van der Waals surface area contributed by atoms with E-state index >= 15 is 0 Å². The molecular formula is C25H23N3O3. The third-order valence-electron chi connectivity index (χ3n) is 5.97. The van der Waals surface area contributed by atoms with Crippen molar-refractivity contribution in [3.05, 3.63) is 71.9 Å². The number of H-pyrrole nitrogens is 1. The number of aldehydes is 1. The molecule has 0 amide bonds. The normalized spacial score (nSPS) is 20.8. The van der Waals surface area contributed by atoms with Gasteiger partial charge in [-0.2, -0.15) is 0 Å². The summed E-state index contributed by atoms with van der Waals surface area (Å²) in [6, 6.07) is 16.9. The highest BCUT2D eigenvalue weighted by Crippen LogP contribution is 2.43. The van der Waals surface area contributed by atoms with Crippen molar-refractivity contribution in [1.82, 2.24) is 15.0 Å². The topological polar surface area (TPSA) is 88.1 Å². The van der Waals surface area contributed by atoms with Crippen LogP contribution in [0.4, 0.5) is 0 Å². The number of ether oxygens (including phenoxy) is 1. The zero-order valence-electron chi connectivity index (χ0n) is 17.2. The van der Waals surface area contributed by atoms with Gasteiger partial charge in [0.1, 0.15) is 11.6 Å². The Morgan fingerprint density at radius 2 is 2.06 bits per heavy atom. The largest absolute Gasteiger partial charge is 0.439 e. The van der Waals surface area contributed by atoms with Gasteiger partial charge in [-0.05, 0) is 68.5 Å². The molecule has 6 heteroatoms. The van der Waals surface area contributed by atoms with Gasteiger partial charge in [-0.1, -0.05) is 18.2 Å². The molecular weight excluding hydrogens is 390 g/mol. The fourth-order valence-electron chi connectivity index (χ4n) is 4.38. The molecule has 0 radical (unpaired) electrons. The average Bonchev–Trinajstić information content (AvgIpc) is 3.37. The van der Waals surface area contributed by atoms with Gasteiger partial charge in [0.05, 0.1) is 16.6 Å². The number of aliphatic hydroxyl groups is 1. The van der Waals surface area contributed by atoms with E-state index in [0.29, 0.717) is 35.0 Å². The molecule has 1 saturated carbocycles. The average molecular weight is 413 g/mol. The first kappa shape index (κ1) is 19.5. The van der Waals surface area contributed by atoms with Crippen LogP contribution in [0.15, 0.2) is 60.8 Å². The van der Waals surface area contributed by atoms with Crippen molar-refractivity contribution in [2.75, 3.05) is 0 Å². The molecule has 2 aromatic heterocycles. The van der Waals surface area contributed by atoms with Crippen LogP contribution in [0, 0.1) is 0 Å². The van der Waals surface area contributed by atoms with Crippen LogP contribution < -0.4 is 4.74 Å². The Kier molecular flexibility index (Phi) is 4.79. The minimum Gasteiger partial charge on any atom is -0.439 e. The van der Waals surface area contributed by atoms with Crippen molar-refractivity contribution in [3.63, 3.8) is 0 Å². The van der Waals surface area contributed by atoms with Crippen LogP contribution in [-0.2, 0) is 0 Å². The molecule has 2 atom stereocenters. The van der Waals surface area contributed by atoms with Crippen LogP contribution in [-0.4, -0.2) is 31.9 Å². The van der Waals surface area contributed by atoms with Gasteiger partial charge in [0.25, 0.3) is 0 Å². The highest BCUT2D eigenvalue weighted by Gasteiger charge is 2.35. The Balaban J connectivity index is 1.50. The van der Waals surface area contributed by atoms with Crippen molar-refractivity contribution in [2.24, 2.45) is 0 Å². The van der Waals surface area contributed by atoms with Crippen LogP contribution in [0.3, 0.4) is 0 Å². The fourth-order valence-corrected chi connectivity index (χ4v) is 4.38. The smallest absolute Gasteiger partial charge is 0.222 e. The molecule has 0 spiro atoms. The monoisotopic (exact) mass is 413 g/mol. The minimum absolute atomic E-state index is 0.197. The van der Waals surface area contributed by atoms with Crippen molar-refractivity contribution < 1.29 is 14.6 Å². The van der Waals surface area contributed by atoms with Crippen LogP contribution in [0.2, 0.25) is 0 Å². The van der Waals surface area contributed by atoms with E-state index in [4.69, 9.17) is 4.74 Å². The van der Waals surface area contributed by atoms with Gasteiger partial charge >= 0.3 is 0 Å². The van der Waals surface area contributed by atoms with Crippen molar-refractivity contribution in [3.8, 4) is 23.0 Å². The lowest BCUT2D eigenvalue weighted by Gasteiger charge is -2.18. The Morgan fingerprint density at radius 3 is 2.84 bits per heavy atom. The number of nitrogens with one attached hydrogen (secondary N) is 1. The molecule has 1 aliphatic carbocycles. The van der Waals surface area contributed by atoms with E-state index in [2.05, 4.69) is 15.0 Å². The molecule has 2 N–H and O–H groups in total. The Bertz CT molecular complexity index is 1230. The van der Waals surface area contributed by atoms with Gasteiger partial charge in [0.15, 0.2) is 6.29 Å². The van der Waals surface area contributed by atoms with Gasteiger partial charge < -0.3 is 14.8 Å². The van der Waals surface area contributed by atoms with Crippen molar-refractivity contribution in [1.29, 1.82) is 0 Å². The number of rotatable bonds is 5. The lowest BCUT2D eigenvalue weighted by Crippen LogP contribution is -2.18. The first-order valence-electron chi connectivity index (χ1n) is 10.4. The van der Waals surface area contributed by atoms with Gasteiger partial charge in [0.2, 0.25) is 5.88 Å². The van der Waals surface area contributed by atoms with Gasteiger partial charge in [0, 0.05) is 22.9 Å². The van der Waals surface area contributed by atoms with Gasteiger partial charge in [-0.3, -0.25) is 4.79 Å². The summed E-state index contributed by atoms with van der Waals surface area (Å²) in [6.07, 6.45) is 4.86. The number of hydrogen-bond donors (Lipinski definition) is 2. The number of fused-ring (bicyclic) bond motifs is 1. The van der Waals surface area contributed by atoms with Gasteiger partial charge in [-0.15, -0.1) is 0 Å². The molecule has 5 rings (SSSR count). The van der Waals surface area contributed by atoms with Crippen molar-refractivity contribution in [2.45, 2.75) is 37.7 Å². The first-order valence-corrected chi connectivity index (χ1v) is 10.4. The number of carbonyl (C=O) groups is 1.